The Morgan fingerprint density at radius 2 is 1.91 bits per heavy atom. The molecule has 1 unspecified atom stereocenters. The maximum atomic E-state index is 12.6. The van der Waals surface area contributed by atoms with Crippen molar-refractivity contribution in [2.45, 2.75) is 13.0 Å². The molecule has 0 aliphatic carbocycles. The highest BCUT2D eigenvalue weighted by molar-refractivity contribution is 7.86. The van der Waals surface area contributed by atoms with Crippen molar-refractivity contribution in [3.63, 3.8) is 0 Å². The summed E-state index contributed by atoms with van der Waals surface area (Å²) in [5.41, 5.74) is 1.05. The van der Waals surface area contributed by atoms with E-state index in [0.29, 0.717) is 5.57 Å². The molecule has 2 rings (SSSR count). The molecule has 0 radical (unpaired) electrons. The van der Waals surface area contributed by atoms with E-state index in [-0.39, 0.29) is 12.5 Å². The minimum absolute atomic E-state index is 0.238. The van der Waals surface area contributed by atoms with Crippen LogP contribution < -0.4 is 0 Å². The Morgan fingerprint density at radius 1 is 1.30 bits per heavy atom. The fraction of sp³-hybridized carbons (Fsp3) is 0.400. The summed E-state index contributed by atoms with van der Waals surface area (Å²) < 4.78 is 27.5. The lowest BCUT2D eigenvalue weighted by molar-refractivity contribution is -0.164. The minimum atomic E-state index is -3.67. The van der Waals surface area contributed by atoms with E-state index in [1.807, 2.05) is 18.2 Å². The highest BCUT2D eigenvalue weighted by Gasteiger charge is 2.41. The van der Waals surface area contributed by atoms with Crippen LogP contribution in [-0.2, 0) is 19.8 Å². The van der Waals surface area contributed by atoms with Crippen LogP contribution in [0.4, 0.5) is 0 Å². The topological polar surface area (TPSA) is 70.2 Å². The maximum absolute atomic E-state index is 12.6. The summed E-state index contributed by atoms with van der Waals surface area (Å²) >= 11 is 0. The van der Waals surface area contributed by atoms with E-state index >= 15 is 0 Å². The van der Waals surface area contributed by atoms with E-state index in [0.717, 1.165) is 14.9 Å². The molecular weight excluding hydrogens is 318 g/mol. The van der Waals surface area contributed by atoms with E-state index in [9.17, 15) is 13.2 Å². The number of carbonyl (C=O) groups is 1. The first kappa shape index (κ1) is 17.5. The fourth-order valence-electron chi connectivity index (χ4n) is 2.50. The SMILES string of the molecule is CCN1C=C(C(=O)N(C)OC)C(c2ccccc2)N(C)S1(=O)=O. The Kier molecular flexibility index (Phi) is 5.08. The van der Waals surface area contributed by atoms with Crippen LogP contribution in [-0.4, -0.2) is 55.7 Å². The first-order valence-electron chi connectivity index (χ1n) is 7.18. The molecule has 7 nitrogen and oxygen atoms in total. The molecule has 1 aromatic rings. The van der Waals surface area contributed by atoms with Gasteiger partial charge in [0, 0.05) is 26.8 Å². The number of hydrogen-bond donors (Lipinski definition) is 0. The summed E-state index contributed by atoms with van der Waals surface area (Å²) in [5, 5.41) is 1.08. The van der Waals surface area contributed by atoms with Gasteiger partial charge in [-0.1, -0.05) is 30.3 Å². The molecule has 0 spiro atoms. The number of hydroxylamine groups is 2. The van der Waals surface area contributed by atoms with E-state index in [4.69, 9.17) is 4.84 Å². The van der Waals surface area contributed by atoms with Gasteiger partial charge in [-0.2, -0.15) is 12.7 Å². The van der Waals surface area contributed by atoms with Gasteiger partial charge in [0.05, 0.1) is 18.7 Å². The van der Waals surface area contributed by atoms with Crippen molar-refractivity contribution in [1.82, 2.24) is 13.7 Å². The first-order chi connectivity index (χ1) is 10.8. The van der Waals surface area contributed by atoms with Crippen LogP contribution in [0, 0.1) is 0 Å². The molecule has 0 saturated carbocycles. The Bertz CT molecular complexity index is 703. The van der Waals surface area contributed by atoms with Gasteiger partial charge in [0.25, 0.3) is 5.91 Å². The molecule has 1 heterocycles. The molecule has 126 valence electrons. The monoisotopic (exact) mass is 339 g/mol. The van der Waals surface area contributed by atoms with Crippen molar-refractivity contribution < 1.29 is 18.0 Å². The molecule has 1 aromatic carbocycles. The predicted molar refractivity (Wildman–Crippen MR) is 86.1 cm³/mol. The largest absolute Gasteiger partial charge is 0.304 e. The summed E-state index contributed by atoms with van der Waals surface area (Å²) in [7, 11) is 0.682. The molecule has 8 heteroatoms. The van der Waals surface area contributed by atoms with Gasteiger partial charge in [-0.15, -0.1) is 0 Å². The standard InChI is InChI=1S/C15H21N3O4S/c1-5-18-11-13(15(19)16(2)22-4)14(17(3)23(18,20)21)12-9-7-6-8-10-12/h6-11,14H,5H2,1-4H3. The maximum Gasteiger partial charge on any atom is 0.304 e. The molecule has 0 aromatic heterocycles. The average Bonchev–Trinajstić information content (AvgIpc) is 2.56. The lowest BCUT2D eigenvalue weighted by Crippen LogP contribution is -2.48. The average molecular weight is 339 g/mol. The first-order valence-corrected chi connectivity index (χ1v) is 8.57. The molecule has 1 atom stereocenters. The van der Waals surface area contributed by atoms with Crippen LogP contribution in [0.15, 0.2) is 42.1 Å². The number of benzene rings is 1. The van der Waals surface area contributed by atoms with Crippen molar-refractivity contribution in [1.29, 1.82) is 0 Å². The zero-order valence-corrected chi connectivity index (χ0v) is 14.4. The number of carbonyl (C=O) groups excluding carboxylic acids is 1. The number of likely N-dealkylation sites (N-methyl/N-ethyl adjacent to an activating group) is 2. The van der Waals surface area contributed by atoms with E-state index in [1.165, 1.54) is 31.7 Å². The third-order valence-electron chi connectivity index (χ3n) is 3.84. The van der Waals surface area contributed by atoms with Crippen LogP contribution in [0.1, 0.15) is 18.5 Å². The van der Waals surface area contributed by atoms with Gasteiger partial charge in [0.1, 0.15) is 0 Å². The second-order valence-corrected chi connectivity index (χ2v) is 7.05. The van der Waals surface area contributed by atoms with Gasteiger partial charge < -0.3 is 0 Å². The van der Waals surface area contributed by atoms with Crippen LogP contribution in [0.3, 0.4) is 0 Å². The van der Waals surface area contributed by atoms with Crippen molar-refractivity contribution in [3.05, 3.63) is 47.7 Å². The molecule has 1 aliphatic rings. The van der Waals surface area contributed by atoms with E-state index in [2.05, 4.69) is 0 Å². The molecule has 23 heavy (non-hydrogen) atoms. The molecule has 1 amide bonds. The summed E-state index contributed by atoms with van der Waals surface area (Å²) in [5.74, 6) is -0.387. The van der Waals surface area contributed by atoms with Gasteiger partial charge in [0.15, 0.2) is 0 Å². The second kappa shape index (κ2) is 6.69. The zero-order valence-electron chi connectivity index (χ0n) is 13.6. The Labute approximate surface area is 136 Å². The van der Waals surface area contributed by atoms with Gasteiger partial charge in [0.2, 0.25) is 0 Å². The Hall–Kier alpha value is -1.90. The summed E-state index contributed by atoms with van der Waals surface area (Å²) in [4.78, 5) is 17.6. The Balaban J connectivity index is 2.61. The lowest BCUT2D eigenvalue weighted by Gasteiger charge is -2.38. The highest BCUT2D eigenvalue weighted by atomic mass is 32.2. The molecule has 0 fully saturated rings. The summed E-state index contributed by atoms with van der Waals surface area (Å²) in [6, 6.07) is 8.35. The highest BCUT2D eigenvalue weighted by Crippen LogP contribution is 2.36. The van der Waals surface area contributed by atoms with Crippen molar-refractivity contribution >= 4 is 16.1 Å². The molecule has 0 N–H and O–H groups in total. The summed E-state index contributed by atoms with van der Waals surface area (Å²) in [6.45, 7) is 1.95. The summed E-state index contributed by atoms with van der Waals surface area (Å²) in [6.07, 6.45) is 1.39. The normalized spacial score (nSPS) is 21.0. The quantitative estimate of drug-likeness (QED) is 0.772. The van der Waals surface area contributed by atoms with Crippen LogP contribution in [0.5, 0.6) is 0 Å². The number of nitrogens with zero attached hydrogens (tertiary/aromatic N) is 3. The third kappa shape index (κ3) is 3.10. The van der Waals surface area contributed by atoms with Crippen LogP contribution >= 0.6 is 0 Å². The van der Waals surface area contributed by atoms with Gasteiger partial charge >= 0.3 is 10.2 Å². The zero-order chi connectivity index (χ0) is 17.2. The Morgan fingerprint density at radius 3 is 2.43 bits per heavy atom. The van der Waals surface area contributed by atoms with Gasteiger partial charge in [-0.05, 0) is 12.5 Å². The second-order valence-electron chi connectivity index (χ2n) is 5.11. The number of rotatable bonds is 4. The van der Waals surface area contributed by atoms with Crippen molar-refractivity contribution in [2.24, 2.45) is 0 Å². The fourth-order valence-corrected chi connectivity index (χ4v) is 3.91. The number of amides is 1. The van der Waals surface area contributed by atoms with Crippen molar-refractivity contribution in [2.75, 3.05) is 27.7 Å². The predicted octanol–water partition coefficient (Wildman–Crippen LogP) is 1.14. The third-order valence-corrected chi connectivity index (χ3v) is 5.73. The molecule has 1 aliphatic heterocycles. The molecular formula is C15H21N3O4S. The van der Waals surface area contributed by atoms with E-state index in [1.54, 1.807) is 19.1 Å². The number of hydrogen-bond acceptors (Lipinski definition) is 4. The van der Waals surface area contributed by atoms with E-state index < -0.39 is 16.3 Å². The van der Waals surface area contributed by atoms with Crippen LogP contribution in [0.25, 0.3) is 0 Å². The molecule has 0 bridgehead atoms. The van der Waals surface area contributed by atoms with Gasteiger partial charge in [-0.3, -0.25) is 13.9 Å². The lowest BCUT2D eigenvalue weighted by atomic mass is 9.98. The van der Waals surface area contributed by atoms with Gasteiger partial charge in [-0.25, -0.2) is 5.06 Å². The van der Waals surface area contributed by atoms with Crippen molar-refractivity contribution in [3.8, 4) is 0 Å². The van der Waals surface area contributed by atoms with Crippen LogP contribution in [0.2, 0.25) is 0 Å². The molecule has 0 saturated heterocycles. The smallest absolute Gasteiger partial charge is 0.274 e. The minimum Gasteiger partial charge on any atom is -0.274 e.